The number of likely N-dealkylation sites (N-methyl/N-ethyl adjacent to an activating group) is 8. The molecule has 4 fully saturated rings. The van der Waals surface area contributed by atoms with Crippen LogP contribution in [0.3, 0.4) is 0 Å². The number of piperidine rings is 2. The zero-order valence-corrected chi connectivity index (χ0v) is 87.8. The van der Waals surface area contributed by atoms with Crippen LogP contribution in [0.25, 0.3) is 0 Å². The molecule has 143 heavy (non-hydrogen) atoms. The van der Waals surface area contributed by atoms with Crippen LogP contribution in [-0.4, -0.2) is 326 Å². The molecule has 4 aliphatic heterocycles. The van der Waals surface area contributed by atoms with Crippen molar-refractivity contribution in [2.75, 3.05) is 306 Å². The Morgan fingerprint density at radius 2 is 0.706 bits per heavy atom. The molecule has 0 spiro atoms. The first-order chi connectivity index (χ1) is 68.2. The Balaban J connectivity index is 0.000000213. The number of ether oxygens (including phenoxy) is 6. The number of alkyl halides is 3. The highest BCUT2D eigenvalue weighted by molar-refractivity contribution is 6.33. The van der Waals surface area contributed by atoms with Crippen LogP contribution in [0.4, 0.5) is 128 Å². The number of halogens is 6. The molecule has 12 rings (SSSR count). The number of carbonyl (C=O) groups is 4. The molecule has 778 valence electrons. The number of benzene rings is 4. The summed E-state index contributed by atoms with van der Waals surface area (Å²) in [6.07, 6.45) is 12.9. The second kappa shape index (κ2) is 55.2. The van der Waals surface area contributed by atoms with E-state index in [1.165, 1.54) is 31.8 Å². The number of anilines is 20. The number of carbonyl (C=O) groups excluding carboxylic acids is 4. The van der Waals surface area contributed by atoms with Gasteiger partial charge in [0.2, 0.25) is 47.4 Å². The first-order valence-corrected chi connectivity index (χ1v) is 48.2. The van der Waals surface area contributed by atoms with Crippen LogP contribution in [0.1, 0.15) is 71.3 Å². The largest absolute Gasteiger partial charge is 0.494 e. The molecule has 8 heterocycles. The normalized spacial score (nSPS) is 15.2. The third-order valence-corrected chi connectivity index (χ3v) is 24.2. The lowest BCUT2D eigenvalue weighted by Crippen LogP contribution is -2.46. The number of nitrogens with one attached hydrogen (secondary N) is 8. The first-order valence-electron chi connectivity index (χ1n) is 47.1. The topological polar surface area (TPSA) is 362 Å². The van der Waals surface area contributed by atoms with Gasteiger partial charge in [-0.1, -0.05) is 61.1 Å². The Labute approximate surface area is 853 Å². The van der Waals surface area contributed by atoms with E-state index in [1.807, 2.05) is 132 Å². The van der Waals surface area contributed by atoms with Crippen molar-refractivity contribution in [1.82, 2.24) is 59.5 Å². The molecule has 3 atom stereocenters. The van der Waals surface area contributed by atoms with Gasteiger partial charge in [-0.2, -0.15) is 33.1 Å². The lowest BCUT2D eigenvalue weighted by atomic mass is 10.0. The molecule has 0 radical (unpaired) electrons. The molecule has 4 aliphatic rings. The van der Waals surface area contributed by atoms with E-state index in [-0.39, 0.29) is 41.7 Å². The van der Waals surface area contributed by atoms with E-state index in [1.54, 1.807) is 69.1 Å². The fourth-order valence-electron chi connectivity index (χ4n) is 15.7. The van der Waals surface area contributed by atoms with Gasteiger partial charge in [0.1, 0.15) is 49.4 Å². The van der Waals surface area contributed by atoms with Crippen LogP contribution in [-0.2, 0) is 34.8 Å². The molecule has 0 saturated carbocycles. The van der Waals surface area contributed by atoms with Gasteiger partial charge in [0.25, 0.3) is 0 Å². The monoisotopic (exact) mass is 2040 g/mol. The molecule has 8 N–H and O–H groups in total. The van der Waals surface area contributed by atoms with E-state index >= 15 is 0 Å². The third-order valence-electron chi connectivity index (χ3n) is 23.4. The molecule has 38 nitrogen and oxygen atoms in total. The molecular formula is C99H140Cl3F3N28O10. The molecule has 4 aromatic carbocycles. The fraction of sp³-hybridized carbons (Fsp3) is 0.475. The molecule has 4 amide bonds. The average molecular weight is 2050 g/mol. The number of amides is 4. The Morgan fingerprint density at radius 3 is 1.03 bits per heavy atom. The third kappa shape index (κ3) is 33.7. The van der Waals surface area contributed by atoms with Crippen LogP contribution < -0.4 is 101 Å². The van der Waals surface area contributed by atoms with Crippen molar-refractivity contribution in [3.63, 3.8) is 0 Å². The van der Waals surface area contributed by atoms with Gasteiger partial charge in [0.15, 0.2) is 17.5 Å². The molecule has 44 heteroatoms. The summed E-state index contributed by atoms with van der Waals surface area (Å²) in [5.74, 6) is 3.79. The Bertz CT molecular complexity index is 5590. The Kier molecular flexibility index (Phi) is 44.0. The fourth-order valence-corrected chi connectivity index (χ4v) is 16.3. The SMILES string of the molecule is C=CC(=O)Nc1cc(Nc2ncc(C(F)(F)F)c(N3CCCCC3)n2)c(OC)cc1N(C)CCN(C)C.C=CC(=O)Nc1cc(Nc2ncc(Cl)c(N3CC(C)OC(C)C3)n2)c(OC)cc1N(C)CCN(C)C.C=CC(=O)Nc1cc(Nc2ncc(Cl)c(N3CCCCC3C)n2)c(OC)cc1N(C)CCN(C)C.C=CC(=O)Nc1cc(Nc2ncc(Cl)c(N3CCCOCC3)n2)c(OC)cc1N(C)CCN(C)C. The van der Waals surface area contributed by atoms with Crippen molar-refractivity contribution in [2.45, 2.75) is 90.1 Å². The number of hydrogen-bond acceptors (Lipinski definition) is 34. The summed E-state index contributed by atoms with van der Waals surface area (Å²) >= 11 is 19.4. The van der Waals surface area contributed by atoms with E-state index in [4.69, 9.17) is 68.2 Å². The van der Waals surface area contributed by atoms with Crippen LogP contribution in [0.2, 0.25) is 15.1 Å². The maximum absolute atomic E-state index is 13.7. The molecule has 8 aromatic rings. The Morgan fingerprint density at radius 1 is 0.399 bits per heavy atom. The molecule has 0 aliphatic carbocycles. The molecule has 3 unspecified atom stereocenters. The van der Waals surface area contributed by atoms with E-state index in [0.717, 1.165) is 139 Å². The highest BCUT2D eigenvalue weighted by Crippen LogP contribution is 2.45. The summed E-state index contributed by atoms with van der Waals surface area (Å²) in [5, 5.41) is 25.6. The van der Waals surface area contributed by atoms with E-state index in [0.29, 0.717) is 171 Å². The summed E-state index contributed by atoms with van der Waals surface area (Å²) in [5.41, 5.74) is 6.78. The van der Waals surface area contributed by atoms with Gasteiger partial charge in [-0.3, -0.25) is 19.2 Å². The quantitative estimate of drug-likeness (QED) is 0.0165. The van der Waals surface area contributed by atoms with Crippen LogP contribution in [0, 0.1) is 0 Å². The smallest absolute Gasteiger partial charge is 0.421 e. The van der Waals surface area contributed by atoms with Gasteiger partial charge in [-0.05, 0) is 171 Å². The number of rotatable bonds is 40. The Hall–Kier alpha value is -12.7. The summed E-state index contributed by atoms with van der Waals surface area (Å²) in [4.78, 5) is 109. The summed E-state index contributed by atoms with van der Waals surface area (Å²) in [7, 11) is 30.1. The summed E-state index contributed by atoms with van der Waals surface area (Å²) in [6.45, 7) is 32.8. The van der Waals surface area contributed by atoms with Crippen molar-refractivity contribution in [2.24, 2.45) is 0 Å². The van der Waals surface area contributed by atoms with E-state index in [9.17, 15) is 32.3 Å². The highest BCUT2D eigenvalue weighted by atomic mass is 35.5. The maximum Gasteiger partial charge on any atom is 0.421 e. The number of nitrogens with zero attached hydrogens (tertiary/aromatic N) is 20. The van der Waals surface area contributed by atoms with E-state index in [2.05, 4.69) is 155 Å². The second-order valence-electron chi connectivity index (χ2n) is 35.7. The molecule has 0 bridgehead atoms. The zero-order valence-electron chi connectivity index (χ0n) is 85.6. The predicted octanol–water partition coefficient (Wildman–Crippen LogP) is 15.6. The highest BCUT2D eigenvalue weighted by Gasteiger charge is 2.38. The van der Waals surface area contributed by atoms with Gasteiger partial charge < -0.3 is 130 Å². The molecule has 4 aromatic heterocycles. The predicted molar refractivity (Wildman–Crippen MR) is 572 cm³/mol. The minimum absolute atomic E-state index is 0.0124. The van der Waals surface area contributed by atoms with Gasteiger partial charge in [0, 0.05) is 169 Å². The number of aromatic nitrogens is 8. The summed E-state index contributed by atoms with van der Waals surface area (Å²) < 4.78 is 75.1. The number of methoxy groups -OCH3 is 4. The van der Waals surface area contributed by atoms with Crippen LogP contribution in [0.15, 0.2) is 124 Å². The lowest BCUT2D eigenvalue weighted by Gasteiger charge is -2.36. The van der Waals surface area contributed by atoms with Crippen LogP contribution >= 0.6 is 34.8 Å². The number of hydrogen-bond donors (Lipinski definition) is 8. The van der Waals surface area contributed by atoms with Gasteiger partial charge in [-0.15, -0.1) is 0 Å². The van der Waals surface area contributed by atoms with Crippen molar-refractivity contribution < 1.29 is 60.8 Å². The first kappa shape index (κ1) is 114. The molecular weight excluding hydrogens is 1900 g/mol. The average Bonchev–Trinajstić information content (AvgIpc) is 0.866. The van der Waals surface area contributed by atoms with Crippen molar-refractivity contribution >= 4 is 174 Å². The van der Waals surface area contributed by atoms with E-state index < -0.39 is 17.6 Å². The molecule has 4 saturated heterocycles. The van der Waals surface area contributed by atoms with Crippen molar-refractivity contribution in [1.29, 1.82) is 0 Å². The van der Waals surface area contributed by atoms with Gasteiger partial charge in [-0.25, -0.2) is 19.9 Å². The lowest BCUT2D eigenvalue weighted by molar-refractivity contribution is -0.137. The van der Waals surface area contributed by atoms with Crippen molar-refractivity contribution in [3.05, 3.63) is 145 Å². The minimum atomic E-state index is -4.58. The van der Waals surface area contributed by atoms with Crippen LogP contribution in [0.5, 0.6) is 23.0 Å². The second-order valence-corrected chi connectivity index (χ2v) is 36.9. The zero-order chi connectivity index (χ0) is 104. The minimum Gasteiger partial charge on any atom is -0.494 e. The van der Waals surface area contributed by atoms with Gasteiger partial charge >= 0.3 is 6.18 Å². The number of morpholine rings is 1. The van der Waals surface area contributed by atoms with Crippen molar-refractivity contribution in [3.8, 4) is 23.0 Å². The standard InChI is InChI=1S/C25H36ClN7O3.C25H36ClN7O2.C25H34F3N7O2.C24H34ClN7O3/c1-8-23(34)28-19-11-20(22(35-7)12-21(19)32(6)10-9-31(4)5)29-25-27-13-18(26)24(30-25)33-14-16(2)36-17(3)15-33;1-7-23(34)28-19-14-20(22(35-6)15-21(19)32(5)13-12-31(3)4)29-25-27-16-18(26)24(30-25)33-11-9-8-10-17(33)2;1-6-22(36)30-18-14-19(21(37-5)15-20(18)34(4)13-12-33(2)3)31-24-29-16-17(25(26,27)28)23(32-24)35-10-8-7-9-11-35;1-6-22(33)27-18-14-19(21(34-5)15-20(18)31(4)10-9-30(2)3)28-24-26-16-17(25)23(29-24)32-8-7-12-35-13-11-32/h8,11-13,16-17H,1,9-10,14-15H2,2-7H3,(H,28,34)(H,27,29,30);7,14-17H,1,8-13H2,2-6H3,(H,28,34)(H,27,29,30);6,14-16H,1,7-13H2,2-5H3,(H,30,36)(H,29,31,32);6,14-16H,1,7-13H2,2-5H3,(H,27,33)(H,26,28,29). The van der Waals surface area contributed by atoms with Gasteiger partial charge in [0.05, 0.1) is 134 Å². The summed E-state index contributed by atoms with van der Waals surface area (Å²) in [6, 6.07) is 14.8. The maximum atomic E-state index is 13.7.